The van der Waals surface area contributed by atoms with E-state index >= 15 is 0 Å². The molecule has 3 atom stereocenters. The Hall–Kier alpha value is -0.0800. The fraction of sp³-hybridized carbons (Fsp3) is 1.00. The van der Waals surface area contributed by atoms with Gasteiger partial charge in [0, 0.05) is 25.2 Å². The Balaban J connectivity index is 1.84. The van der Waals surface area contributed by atoms with Crippen molar-refractivity contribution in [1.82, 2.24) is 10.2 Å². The zero-order chi connectivity index (χ0) is 15.2. The van der Waals surface area contributed by atoms with Crippen LogP contribution in [0.1, 0.15) is 72.6 Å². The van der Waals surface area contributed by atoms with Crippen LogP contribution in [0, 0.1) is 17.8 Å². The molecule has 0 spiro atoms. The molecule has 2 rings (SSSR count). The SMILES string of the molecule is CCCC1CC(NCCC(C)C)CN(C(C)C2CCC2)C1. The number of hydrogen-bond donors (Lipinski definition) is 1. The number of likely N-dealkylation sites (tertiary alicyclic amines) is 1. The van der Waals surface area contributed by atoms with Crippen LogP contribution in [0.5, 0.6) is 0 Å². The second kappa shape index (κ2) is 8.53. The summed E-state index contributed by atoms with van der Waals surface area (Å²) in [7, 11) is 0. The molecular formula is C19H38N2. The quantitative estimate of drug-likeness (QED) is 0.718. The molecule has 124 valence electrons. The highest BCUT2D eigenvalue weighted by atomic mass is 15.2. The van der Waals surface area contributed by atoms with E-state index in [1.165, 1.54) is 64.6 Å². The van der Waals surface area contributed by atoms with Crippen LogP contribution >= 0.6 is 0 Å². The van der Waals surface area contributed by atoms with Crippen molar-refractivity contribution in [2.75, 3.05) is 19.6 Å². The molecule has 2 nitrogen and oxygen atoms in total. The van der Waals surface area contributed by atoms with Crippen molar-refractivity contribution in [1.29, 1.82) is 0 Å². The van der Waals surface area contributed by atoms with E-state index in [9.17, 15) is 0 Å². The van der Waals surface area contributed by atoms with E-state index in [2.05, 4.69) is 37.9 Å². The normalized spacial score (nSPS) is 29.6. The molecule has 0 amide bonds. The summed E-state index contributed by atoms with van der Waals surface area (Å²) >= 11 is 0. The van der Waals surface area contributed by atoms with E-state index in [-0.39, 0.29) is 0 Å². The smallest absolute Gasteiger partial charge is 0.0198 e. The Morgan fingerprint density at radius 1 is 1.14 bits per heavy atom. The molecule has 0 radical (unpaired) electrons. The molecule has 1 saturated carbocycles. The van der Waals surface area contributed by atoms with Crippen molar-refractivity contribution in [2.45, 2.75) is 84.7 Å². The maximum atomic E-state index is 3.86. The lowest BCUT2D eigenvalue weighted by molar-refractivity contribution is 0.0492. The van der Waals surface area contributed by atoms with Crippen LogP contribution in [0.25, 0.3) is 0 Å². The largest absolute Gasteiger partial charge is 0.313 e. The van der Waals surface area contributed by atoms with E-state index in [1.807, 2.05) is 0 Å². The third-order valence-corrected chi connectivity index (χ3v) is 5.83. The van der Waals surface area contributed by atoms with E-state index in [1.54, 1.807) is 0 Å². The summed E-state index contributed by atoms with van der Waals surface area (Å²) in [4.78, 5) is 2.82. The molecule has 2 aliphatic rings. The Bertz CT molecular complexity index is 285. The first-order chi connectivity index (χ1) is 10.1. The van der Waals surface area contributed by atoms with Gasteiger partial charge < -0.3 is 5.32 Å². The fourth-order valence-corrected chi connectivity index (χ4v) is 4.14. The lowest BCUT2D eigenvalue weighted by Crippen LogP contribution is -2.54. The average molecular weight is 295 g/mol. The molecular weight excluding hydrogens is 256 g/mol. The van der Waals surface area contributed by atoms with E-state index in [0.717, 1.165) is 29.8 Å². The second-order valence-electron chi connectivity index (χ2n) is 8.11. The molecule has 0 aromatic rings. The first-order valence-electron chi connectivity index (χ1n) is 9.57. The number of hydrogen-bond acceptors (Lipinski definition) is 2. The van der Waals surface area contributed by atoms with Crippen molar-refractivity contribution in [3.8, 4) is 0 Å². The van der Waals surface area contributed by atoms with Gasteiger partial charge in [-0.1, -0.05) is 33.6 Å². The number of nitrogens with zero attached hydrogens (tertiary/aromatic N) is 1. The zero-order valence-corrected chi connectivity index (χ0v) is 14.9. The zero-order valence-electron chi connectivity index (χ0n) is 14.9. The Morgan fingerprint density at radius 2 is 1.90 bits per heavy atom. The molecule has 1 aliphatic heterocycles. The van der Waals surface area contributed by atoms with Gasteiger partial charge in [-0.15, -0.1) is 0 Å². The molecule has 1 aliphatic carbocycles. The first kappa shape index (κ1) is 17.3. The summed E-state index contributed by atoms with van der Waals surface area (Å²) in [5.74, 6) is 2.72. The Labute approximate surface area is 133 Å². The van der Waals surface area contributed by atoms with Gasteiger partial charge in [0.05, 0.1) is 0 Å². The molecule has 0 bridgehead atoms. The molecule has 1 N–H and O–H groups in total. The van der Waals surface area contributed by atoms with Gasteiger partial charge >= 0.3 is 0 Å². The molecule has 2 heteroatoms. The van der Waals surface area contributed by atoms with E-state index < -0.39 is 0 Å². The summed E-state index contributed by atoms with van der Waals surface area (Å²) in [6, 6.07) is 1.55. The third kappa shape index (κ3) is 5.25. The highest BCUT2D eigenvalue weighted by Gasteiger charge is 2.34. The van der Waals surface area contributed by atoms with Crippen LogP contribution in [-0.2, 0) is 0 Å². The van der Waals surface area contributed by atoms with Crippen LogP contribution in [0.15, 0.2) is 0 Å². The maximum Gasteiger partial charge on any atom is 0.0198 e. The van der Waals surface area contributed by atoms with Crippen molar-refractivity contribution in [3.63, 3.8) is 0 Å². The number of rotatable bonds is 8. The lowest BCUT2D eigenvalue weighted by atomic mass is 9.78. The third-order valence-electron chi connectivity index (χ3n) is 5.83. The van der Waals surface area contributed by atoms with Crippen LogP contribution < -0.4 is 5.32 Å². The number of piperidine rings is 1. The summed E-state index contributed by atoms with van der Waals surface area (Å²) in [5, 5.41) is 3.86. The standard InChI is InChI=1S/C19H38N2/c1-5-7-17-12-19(20-11-10-15(2)3)14-21(13-17)16(4)18-8-6-9-18/h15-20H,5-14H2,1-4H3. The molecule has 3 unspecified atom stereocenters. The van der Waals surface area contributed by atoms with Crippen molar-refractivity contribution < 1.29 is 0 Å². The minimum Gasteiger partial charge on any atom is -0.313 e. The predicted octanol–water partition coefficient (Wildman–Crippen LogP) is 4.30. The Morgan fingerprint density at radius 3 is 2.48 bits per heavy atom. The summed E-state index contributed by atoms with van der Waals surface area (Å²) in [6.45, 7) is 13.3. The monoisotopic (exact) mass is 294 g/mol. The van der Waals surface area contributed by atoms with Gasteiger partial charge in [-0.05, 0) is 63.3 Å². The minimum absolute atomic E-state index is 0.733. The Kier molecular flexibility index (Phi) is 7.01. The van der Waals surface area contributed by atoms with Crippen LogP contribution in [0.4, 0.5) is 0 Å². The topological polar surface area (TPSA) is 15.3 Å². The van der Waals surface area contributed by atoms with Crippen molar-refractivity contribution in [2.24, 2.45) is 17.8 Å². The van der Waals surface area contributed by atoms with Gasteiger partial charge in [-0.3, -0.25) is 4.90 Å². The molecule has 2 fully saturated rings. The average Bonchev–Trinajstić information content (AvgIpc) is 2.36. The molecule has 1 saturated heterocycles. The van der Waals surface area contributed by atoms with Crippen LogP contribution in [0.2, 0.25) is 0 Å². The summed E-state index contributed by atoms with van der Waals surface area (Å²) in [6.07, 6.45) is 9.89. The van der Waals surface area contributed by atoms with Crippen molar-refractivity contribution >= 4 is 0 Å². The lowest BCUT2D eigenvalue weighted by Gasteiger charge is -2.46. The minimum atomic E-state index is 0.733. The number of nitrogens with one attached hydrogen (secondary N) is 1. The summed E-state index contributed by atoms with van der Waals surface area (Å²) in [5.41, 5.74) is 0. The van der Waals surface area contributed by atoms with Gasteiger partial charge in [0.2, 0.25) is 0 Å². The molecule has 1 heterocycles. The van der Waals surface area contributed by atoms with Crippen LogP contribution in [0.3, 0.4) is 0 Å². The fourth-order valence-electron chi connectivity index (χ4n) is 4.14. The predicted molar refractivity (Wildman–Crippen MR) is 92.6 cm³/mol. The molecule has 0 aromatic carbocycles. The molecule has 21 heavy (non-hydrogen) atoms. The van der Waals surface area contributed by atoms with Gasteiger partial charge in [-0.2, -0.15) is 0 Å². The highest BCUT2D eigenvalue weighted by Crippen LogP contribution is 2.34. The first-order valence-corrected chi connectivity index (χ1v) is 9.57. The second-order valence-corrected chi connectivity index (χ2v) is 8.11. The van der Waals surface area contributed by atoms with Gasteiger partial charge in [0.1, 0.15) is 0 Å². The molecule has 0 aromatic heterocycles. The van der Waals surface area contributed by atoms with Crippen LogP contribution in [-0.4, -0.2) is 36.6 Å². The van der Waals surface area contributed by atoms with E-state index in [0.29, 0.717) is 0 Å². The van der Waals surface area contributed by atoms with E-state index in [4.69, 9.17) is 0 Å². The van der Waals surface area contributed by atoms with Gasteiger partial charge in [0.15, 0.2) is 0 Å². The van der Waals surface area contributed by atoms with Gasteiger partial charge in [0.25, 0.3) is 0 Å². The van der Waals surface area contributed by atoms with Gasteiger partial charge in [-0.25, -0.2) is 0 Å². The summed E-state index contributed by atoms with van der Waals surface area (Å²) < 4.78 is 0. The maximum absolute atomic E-state index is 3.86. The highest BCUT2D eigenvalue weighted by molar-refractivity contribution is 4.89. The van der Waals surface area contributed by atoms with Crippen molar-refractivity contribution in [3.05, 3.63) is 0 Å².